The van der Waals surface area contributed by atoms with Crippen molar-refractivity contribution in [1.82, 2.24) is 10.2 Å². The van der Waals surface area contributed by atoms with E-state index in [1.54, 1.807) is 6.08 Å². The summed E-state index contributed by atoms with van der Waals surface area (Å²) in [5, 5.41) is 2.54. The van der Waals surface area contributed by atoms with Gasteiger partial charge < -0.3 is 10.2 Å². The molecule has 1 aliphatic carbocycles. The van der Waals surface area contributed by atoms with Crippen LogP contribution in [0.1, 0.15) is 40.4 Å². The fourth-order valence-corrected chi connectivity index (χ4v) is 4.79. The summed E-state index contributed by atoms with van der Waals surface area (Å²) >= 11 is 0. The number of rotatable bonds is 6. The van der Waals surface area contributed by atoms with Crippen molar-refractivity contribution in [3.05, 3.63) is 76.6 Å². The van der Waals surface area contributed by atoms with Gasteiger partial charge in [0.15, 0.2) is 9.84 Å². The molecule has 2 aromatic carbocycles. The summed E-state index contributed by atoms with van der Waals surface area (Å²) in [6, 6.07) is 4.75. The average Bonchev–Trinajstić information content (AvgIpc) is 3.56. The quantitative estimate of drug-likeness (QED) is 0.454. The SMILES string of the molecule is CS(=O)(=O)c1cccc(C(=O)N2C[C@H](F)C[C@@H]2C(=O)N[C@H](C2=CC2)c2ccc(C(F)(F)F)cc2F)c1. The molecule has 1 aliphatic heterocycles. The van der Waals surface area contributed by atoms with E-state index in [0.717, 1.165) is 23.3 Å². The Bertz CT molecular complexity index is 1360. The second kappa shape index (κ2) is 9.30. The second-order valence-electron chi connectivity index (χ2n) is 8.77. The number of hydrogen-bond acceptors (Lipinski definition) is 4. The molecular formula is C24H21F5N2O4S. The van der Waals surface area contributed by atoms with E-state index in [2.05, 4.69) is 5.32 Å². The molecule has 2 aromatic rings. The number of amides is 2. The summed E-state index contributed by atoms with van der Waals surface area (Å²) in [7, 11) is -3.62. The van der Waals surface area contributed by atoms with Crippen LogP contribution in [-0.2, 0) is 20.8 Å². The van der Waals surface area contributed by atoms with Crippen LogP contribution in [-0.4, -0.2) is 50.1 Å². The standard InChI is InChI=1S/C24H21F5N2O4S/c1-36(34,35)17-4-2-3-14(9-17)23(33)31-12-16(25)11-20(31)22(32)30-21(13-5-6-13)18-8-7-15(10-19(18)26)24(27,28)29/h2-5,7-10,16,20-21H,6,11-12H2,1H3,(H,30,32)/t16-,20-,21-/m1/s1. The summed E-state index contributed by atoms with van der Waals surface area (Å²) < 4.78 is 91.4. The van der Waals surface area contributed by atoms with Crippen molar-refractivity contribution < 1.29 is 40.0 Å². The highest BCUT2D eigenvalue weighted by Crippen LogP contribution is 2.38. The Morgan fingerprint density at radius 1 is 1.14 bits per heavy atom. The topological polar surface area (TPSA) is 83.6 Å². The molecule has 2 amide bonds. The summed E-state index contributed by atoms with van der Waals surface area (Å²) in [5.74, 6) is -2.73. The number of sulfone groups is 1. The summed E-state index contributed by atoms with van der Waals surface area (Å²) in [6.45, 7) is -0.415. The van der Waals surface area contributed by atoms with Crippen LogP contribution in [0.4, 0.5) is 22.0 Å². The van der Waals surface area contributed by atoms with Gasteiger partial charge in [0.2, 0.25) is 5.91 Å². The highest BCUT2D eigenvalue weighted by atomic mass is 32.2. The van der Waals surface area contributed by atoms with Crippen molar-refractivity contribution in [3.63, 3.8) is 0 Å². The van der Waals surface area contributed by atoms with E-state index in [1.165, 1.54) is 18.2 Å². The first-order valence-corrected chi connectivity index (χ1v) is 12.8. The molecule has 1 saturated heterocycles. The second-order valence-corrected chi connectivity index (χ2v) is 10.8. The van der Waals surface area contributed by atoms with Crippen LogP contribution < -0.4 is 5.32 Å². The van der Waals surface area contributed by atoms with Crippen LogP contribution in [0, 0.1) is 5.82 Å². The summed E-state index contributed by atoms with van der Waals surface area (Å²) in [6.07, 6.45) is -3.59. The fraction of sp³-hybridized carbons (Fsp3) is 0.333. The van der Waals surface area contributed by atoms with Crippen molar-refractivity contribution in [1.29, 1.82) is 0 Å². The van der Waals surface area contributed by atoms with Crippen LogP contribution in [0.5, 0.6) is 0 Å². The third-order valence-electron chi connectivity index (χ3n) is 6.06. The molecular weight excluding hydrogens is 507 g/mol. The van der Waals surface area contributed by atoms with E-state index in [-0.39, 0.29) is 22.4 Å². The number of benzene rings is 2. The molecule has 36 heavy (non-hydrogen) atoms. The first kappa shape index (κ1) is 25.8. The van der Waals surface area contributed by atoms with E-state index in [1.807, 2.05) is 0 Å². The van der Waals surface area contributed by atoms with E-state index in [9.17, 15) is 40.0 Å². The molecule has 0 aromatic heterocycles. The van der Waals surface area contributed by atoms with Gasteiger partial charge in [-0.2, -0.15) is 13.2 Å². The molecule has 4 rings (SSSR count). The Kier molecular flexibility index (Phi) is 6.67. The molecule has 1 heterocycles. The third-order valence-corrected chi connectivity index (χ3v) is 7.17. The first-order valence-electron chi connectivity index (χ1n) is 10.9. The van der Waals surface area contributed by atoms with Crippen molar-refractivity contribution in [2.24, 2.45) is 0 Å². The van der Waals surface area contributed by atoms with Gasteiger partial charge in [-0.1, -0.05) is 18.2 Å². The van der Waals surface area contributed by atoms with E-state index in [0.29, 0.717) is 24.1 Å². The number of nitrogens with zero attached hydrogens (tertiary/aromatic N) is 1. The lowest BCUT2D eigenvalue weighted by Crippen LogP contribution is -2.47. The van der Waals surface area contributed by atoms with Gasteiger partial charge in [-0.05, 0) is 42.3 Å². The van der Waals surface area contributed by atoms with Crippen molar-refractivity contribution in [2.75, 3.05) is 12.8 Å². The highest BCUT2D eigenvalue weighted by Gasteiger charge is 2.42. The lowest BCUT2D eigenvalue weighted by molar-refractivity contribution is -0.137. The predicted octanol–water partition coefficient (Wildman–Crippen LogP) is 3.99. The maximum absolute atomic E-state index is 14.6. The van der Waals surface area contributed by atoms with Crippen molar-refractivity contribution >= 4 is 21.7 Å². The normalized spacial score (nSPS) is 20.6. The molecule has 2 aliphatic rings. The van der Waals surface area contributed by atoms with Gasteiger partial charge >= 0.3 is 6.18 Å². The van der Waals surface area contributed by atoms with E-state index in [4.69, 9.17) is 0 Å². The zero-order chi connectivity index (χ0) is 26.4. The number of hydrogen-bond donors (Lipinski definition) is 1. The van der Waals surface area contributed by atoms with Gasteiger partial charge in [0.1, 0.15) is 18.0 Å². The number of halogens is 5. The predicted molar refractivity (Wildman–Crippen MR) is 119 cm³/mol. The van der Waals surface area contributed by atoms with Crippen molar-refractivity contribution in [3.8, 4) is 0 Å². The van der Waals surface area contributed by atoms with Crippen LogP contribution >= 0.6 is 0 Å². The highest BCUT2D eigenvalue weighted by molar-refractivity contribution is 7.90. The third kappa shape index (κ3) is 5.43. The Labute approximate surface area is 203 Å². The van der Waals surface area contributed by atoms with Crippen LogP contribution in [0.25, 0.3) is 0 Å². The maximum atomic E-state index is 14.6. The van der Waals surface area contributed by atoms with E-state index >= 15 is 0 Å². The molecule has 0 radical (unpaired) electrons. The lowest BCUT2D eigenvalue weighted by atomic mass is 10.0. The zero-order valence-electron chi connectivity index (χ0n) is 18.9. The molecule has 1 N–H and O–H groups in total. The summed E-state index contributed by atoms with van der Waals surface area (Å²) in [4.78, 5) is 27.1. The van der Waals surface area contributed by atoms with Crippen LogP contribution in [0.2, 0.25) is 0 Å². The van der Waals surface area contributed by atoms with Crippen LogP contribution in [0.15, 0.2) is 59.0 Å². The molecule has 0 bridgehead atoms. The number of likely N-dealkylation sites (tertiary alicyclic amines) is 1. The number of nitrogens with one attached hydrogen (secondary N) is 1. The van der Waals surface area contributed by atoms with Gasteiger partial charge in [-0.25, -0.2) is 17.2 Å². The Morgan fingerprint density at radius 3 is 2.42 bits per heavy atom. The first-order chi connectivity index (χ1) is 16.8. The number of allylic oxidation sites excluding steroid dienone is 1. The van der Waals surface area contributed by atoms with Gasteiger partial charge in [0.25, 0.3) is 5.91 Å². The van der Waals surface area contributed by atoms with Gasteiger partial charge in [-0.3, -0.25) is 9.59 Å². The minimum atomic E-state index is -4.74. The lowest BCUT2D eigenvalue weighted by Gasteiger charge is -2.26. The number of carbonyl (C=O) groups excluding carboxylic acids is 2. The Morgan fingerprint density at radius 2 is 1.83 bits per heavy atom. The minimum Gasteiger partial charge on any atom is -0.344 e. The average molecular weight is 528 g/mol. The molecule has 3 atom stereocenters. The molecule has 12 heteroatoms. The fourth-order valence-electron chi connectivity index (χ4n) is 4.12. The van der Waals surface area contributed by atoms with Crippen molar-refractivity contribution in [2.45, 2.75) is 42.2 Å². The number of alkyl halides is 4. The van der Waals surface area contributed by atoms with Gasteiger partial charge in [-0.15, -0.1) is 0 Å². The monoisotopic (exact) mass is 528 g/mol. The Hall–Kier alpha value is -3.28. The maximum Gasteiger partial charge on any atom is 0.416 e. The van der Waals surface area contributed by atoms with Gasteiger partial charge in [0.05, 0.1) is 23.0 Å². The van der Waals surface area contributed by atoms with Crippen LogP contribution in [0.3, 0.4) is 0 Å². The Balaban J connectivity index is 1.58. The summed E-state index contributed by atoms with van der Waals surface area (Å²) in [5.41, 5.74) is -0.855. The number of carbonyl (C=O) groups is 2. The molecule has 0 spiro atoms. The van der Waals surface area contributed by atoms with E-state index < -0.39 is 64.0 Å². The van der Waals surface area contributed by atoms with Gasteiger partial charge in [0, 0.05) is 23.8 Å². The molecule has 1 fully saturated rings. The molecule has 6 nitrogen and oxygen atoms in total. The molecule has 0 saturated carbocycles. The molecule has 192 valence electrons. The molecule has 0 unspecified atom stereocenters. The zero-order valence-corrected chi connectivity index (χ0v) is 19.7. The largest absolute Gasteiger partial charge is 0.416 e. The minimum absolute atomic E-state index is 0.0555. The smallest absolute Gasteiger partial charge is 0.344 e.